The van der Waals surface area contributed by atoms with Crippen molar-refractivity contribution in [1.82, 2.24) is 9.78 Å². The van der Waals surface area contributed by atoms with Gasteiger partial charge in [-0.1, -0.05) is 13.0 Å². The van der Waals surface area contributed by atoms with Crippen LogP contribution in [-0.2, 0) is 6.42 Å². The molecule has 2 aromatic rings. The number of carbonyl (C=O) groups excluding carboxylic acids is 1. The van der Waals surface area contributed by atoms with Crippen LogP contribution < -0.4 is 11.5 Å². The van der Waals surface area contributed by atoms with Crippen LogP contribution in [0.15, 0.2) is 30.5 Å². The predicted octanol–water partition coefficient (Wildman–Crippen LogP) is 1.39. The Labute approximate surface area is 116 Å². The number of nitrogens with two attached hydrogens (primary N) is 2. The lowest BCUT2D eigenvalue weighted by molar-refractivity contribution is 0.0995. The zero-order chi connectivity index (χ0) is 14.7. The van der Waals surface area contributed by atoms with Crippen molar-refractivity contribution in [3.05, 3.63) is 47.5 Å². The molecule has 0 saturated carbocycles. The average Bonchev–Trinajstić information content (AvgIpc) is 2.90. The summed E-state index contributed by atoms with van der Waals surface area (Å²) in [6.07, 6.45) is 2.74. The van der Waals surface area contributed by atoms with E-state index in [1.807, 2.05) is 6.92 Å². The lowest BCUT2D eigenvalue weighted by Crippen LogP contribution is -2.23. The van der Waals surface area contributed by atoms with Crippen molar-refractivity contribution in [1.29, 1.82) is 0 Å². The summed E-state index contributed by atoms with van der Waals surface area (Å²) < 4.78 is 15.5. The van der Waals surface area contributed by atoms with Crippen molar-refractivity contribution in [2.24, 2.45) is 11.5 Å². The molecule has 1 aromatic carbocycles. The van der Waals surface area contributed by atoms with Gasteiger partial charge in [0.05, 0.1) is 5.69 Å². The second kappa shape index (κ2) is 5.83. The smallest absolute Gasteiger partial charge is 0.269 e. The van der Waals surface area contributed by atoms with Crippen molar-refractivity contribution in [3.63, 3.8) is 0 Å². The van der Waals surface area contributed by atoms with E-state index in [1.54, 1.807) is 18.3 Å². The summed E-state index contributed by atoms with van der Waals surface area (Å²) in [5, 5.41) is 4.05. The van der Waals surface area contributed by atoms with E-state index >= 15 is 0 Å². The molecule has 0 fully saturated rings. The molecule has 0 aliphatic carbocycles. The summed E-state index contributed by atoms with van der Waals surface area (Å²) in [6.45, 7) is 1.95. The molecule has 1 atom stereocenters. The van der Waals surface area contributed by atoms with Gasteiger partial charge in [0.2, 0.25) is 0 Å². The monoisotopic (exact) mass is 276 g/mol. The largest absolute Gasteiger partial charge is 0.364 e. The van der Waals surface area contributed by atoms with Crippen molar-refractivity contribution < 1.29 is 9.18 Å². The van der Waals surface area contributed by atoms with E-state index in [1.165, 1.54) is 16.8 Å². The Morgan fingerprint density at radius 3 is 2.80 bits per heavy atom. The SMILES string of the molecule is CCC(N)Cc1c(F)cccc1-n1ccc(C(N)=O)n1. The van der Waals surface area contributed by atoms with E-state index in [9.17, 15) is 9.18 Å². The summed E-state index contributed by atoms with van der Waals surface area (Å²) in [7, 11) is 0. The highest BCUT2D eigenvalue weighted by molar-refractivity contribution is 5.90. The number of primary amides is 1. The second-order valence-corrected chi connectivity index (χ2v) is 4.62. The Kier molecular flexibility index (Phi) is 4.14. The van der Waals surface area contributed by atoms with Crippen LogP contribution in [0.25, 0.3) is 5.69 Å². The van der Waals surface area contributed by atoms with Crippen LogP contribution in [0.5, 0.6) is 0 Å². The molecule has 0 radical (unpaired) electrons. The van der Waals surface area contributed by atoms with Crippen LogP contribution in [0, 0.1) is 5.82 Å². The maximum atomic E-state index is 14.0. The molecule has 0 aliphatic heterocycles. The molecule has 4 N–H and O–H groups in total. The number of hydrogen-bond donors (Lipinski definition) is 2. The fraction of sp³-hybridized carbons (Fsp3) is 0.286. The van der Waals surface area contributed by atoms with Gasteiger partial charge in [-0.3, -0.25) is 4.79 Å². The Bertz CT molecular complexity index is 623. The molecule has 0 aliphatic rings. The summed E-state index contributed by atoms with van der Waals surface area (Å²) in [5.41, 5.74) is 12.3. The third kappa shape index (κ3) is 2.85. The van der Waals surface area contributed by atoms with Crippen molar-refractivity contribution >= 4 is 5.91 Å². The molecule has 1 amide bonds. The maximum Gasteiger partial charge on any atom is 0.269 e. The molecule has 5 nitrogen and oxygen atoms in total. The molecule has 1 unspecified atom stereocenters. The van der Waals surface area contributed by atoms with Gasteiger partial charge in [0, 0.05) is 17.8 Å². The molecule has 1 heterocycles. The number of aromatic nitrogens is 2. The summed E-state index contributed by atoms with van der Waals surface area (Å²) in [4.78, 5) is 11.1. The number of hydrogen-bond acceptors (Lipinski definition) is 3. The number of rotatable bonds is 5. The van der Waals surface area contributed by atoms with E-state index in [4.69, 9.17) is 11.5 Å². The standard InChI is InChI=1S/C14H17FN4O/c1-2-9(16)8-10-11(15)4-3-5-13(10)19-7-6-12(18-19)14(17)20/h3-7,9H,2,8,16H2,1H3,(H2,17,20). The molecular weight excluding hydrogens is 259 g/mol. The fourth-order valence-corrected chi connectivity index (χ4v) is 1.96. The minimum atomic E-state index is -0.619. The van der Waals surface area contributed by atoms with Gasteiger partial charge in [0.1, 0.15) is 11.5 Å². The van der Waals surface area contributed by atoms with Gasteiger partial charge >= 0.3 is 0 Å². The number of halogens is 1. The Morgan fingerprint density at radius 2 is 2.20 bits per heavy atom. The van der Waals surface area contributed by atoms with E-state index in [0.29, 0.717) is 17.7 Å². The number of benzene rings is 1. The van der Waals surface area contributed by atoms with Crippen LogP contribution >= 0.6 is 0 Å². The van der Waals surface area contributed by atoms with Gasteiger partial charge in [0.15, 0.2) is 0 Å². The van der Waals surface area contributed by atoms with Gasteiger partial charge < -0.3 is 11.5 Å². The third-order valence-electron chi connectivity index (χ3n) is 3.17. The van der Waals surface area contributed by atoms with Gasteiger partial charge in [-0.05, 0) is 31.0 Å². The molecule has 20 heavy (non-hydrogen) atoms. The molecule has 0 bridgehead atoms. The van der Waals surface area contributed by atoms with Gasteiger partial charge in [-0.15, -0.1) is 0 Å². The lowest BCUT2D eigenvalue weighted by atomic mass is 10.0. The van der Waals surface area contributed by atoms with Crippen LogP contribution in [0.4, 0.5) is 4.39 Å². The van der Waals surface area contributed by atoms with Crippen LogP contribution in [0.2, 0.25) is 0 Å². The van der Waals surface area contributed by atoms with Gasteiger partial charge in [-0.25, -0.2) is 9.07 Å². The zero-order valence-electron chi connectivity index (χ0n) is 11.2. The first-order valence-corrected chi connectivity index (χ1v) is 6.41. The van der Waals surface area contributed by atoms with Gasteiger partial charge in [-0.2, -0.15) is 5.10 Å². The van der Waals surface area contributed by atoms with Crippen molar-refractivity contribution in [2.45, 2.75) is 25.8 Å². The topological polar surface area (TPSA) is 86.9 Å². The summed E-state index contributed by atoms with van der Waals surface area (Å²) in [6, 6.07) is 6.09. The highest BCUT2D eigenvalue weighted by Crippen LogP contribution is 2.20. The van der Waals surface area contributed by atoms with Crippen LogP contribution in [0.3, 0.4) is 0 Å². The van der Waals surface area contributed by atoms with E-state index in [2.05, 4.69) is 5.10 Å². The quantitative estimate of drug-likeness (QED) is 0.865. The normalized spacial score (nSPS) is 12.3. The second-order valence-electron chi connectivity index (χ2n) is 4.62. The lowest BCUT2D eigenvalue weighted by Gasteiger charge is -2.14. The Balaban J connectivity index is 2.44. The first kappa shape index (κ1) is 14.2. The zero-order valence-corrected chi connectivity index (χ0v) is 11.2. The van der Waals surface area contributed by atoms with Crippen molar-refractivity contribution in [3.8, 4) is 5.69 Å². The van der Waals surface area contributed by atoms with E-state index < -0.39 is 5.91 Å². The van der Waals surface area contributed by atoms with Crippen molar-refractivity contribution in [2.75, 3.05) is 0 Å². The molecule has 0 spiro atoms. The minimum absolute atomic E-state index is 0.128. The third-order valence-corrected chi connectivity index (χ3v) is 3.17. The van der Waals surface area contributed by atoms with Crippen LogP contribution in [-0.4, -0.2) is 21.7 Å². The first-order valence-electron chi connectivity index (χ1n) is 6.41. The van der Waals surface area contributed by atoms with E-state index in [0.717, 1.165) is 6.42 Å². The first-order chi connectivity index (χ1) is 9.52. The molecular formula is C14H17FN4O. The minimum Gasteiger partial charge on any atom is -0.364 e. The number of nitrogens with zero attached hydrogens (tertiary/aromatic N) is 2. The Hall–Kier alpha value is -2.21. The predicted molar refractivity (Wildman–Crippen MR) is 74.0 cm³/mol. The summed E-state index contributed by atoms with van der Waals surface area (Å²) >= 11 is 0. The molecule has 106 valence electrons. The summed E-state index contributed by atoms with van der Waals surface area (Å²) in [5.74, 6) is -0.950. The highest BCUT2D eigenvalue weighted by atomic mass is 19.1. The average molecular weight is 276 g/mol. The Morgan fingerprint density at radius 1 is 1.45 bits per heavy atom. The van der Waals surface area contributed by atoms with Gasteiger partial charge in [0.25, 0.3) is 5.91 Å². The maximum absolute atomic E-state index is 14.0. The molecule has 0 saturated heterocycles. The highest BCUT2D eigenvalue weighted by Gasteiger charge is 2.15. The number of amides is 1. The molecule has 2 rings (SSSR count). The fourth-order valence-electron chi connectivity index (χ4n) is 1.96. The van der Waals surface area contributed by atoms with Crippen LogP contribution in [0.1, 0.15) is 29.4 Å². The number of carbonyl (C=O) groups is 1. The molecule has 6 heteroatoms. The molecule has 1 aromatic heterocycles. The van der Waals surface area contributed by atoms with E-state index in [-0.39, 0.29) is 17.6 Å².